The Morgan fingerprint density at radius 3 is 1.35 bits per heavy atom. The van der Waals surface area contributed by atoms with E-state index in [9.17, 15) is 51.8 Å². The zero-order valence-electron chi connectivity index (χ0n) is 90.3. The van der Waals surface area contributed by atoms with Crippen LogP contribution in [0.1, 0.15) is 226 Å². The molecular formula is C107H159F3N12O24. The SMILES string of the molecule is CC[C@H]1OC(=O)[C@H](C)[C@@H](O)[C@H](C)[C@@H](O[C@@H]2O[C@H](C)C[C@H](N(C)C)[C@H]2C)[C@@](C)(OC)C[C@@H](C)C(=O)[C@H](C)[C@@H]2N(CCCCn3cc(-c4cccc(NC(C)=O)c4)nn3)C(=O)O[C@@]21C.CC[C@H]1OC(=O)[C@H](C)[C@@H](O[C@H]2C[C@@](C)(OC)[C@@H](OC(=O)c3ccccc3)[C@H](C)O2)[C@H](C)[C@@H](O[C@@H]2O[C@H](C)C[C@H](N(C)C)[C@H]2C)[C@@](C)(OC)C[C@@H](C)C(=O)[C@H](C)[C@@H]2N(CCCCn3cc(-c4cccc(NC(=O)C(F)(F)F)c4)nn3)C(=O)O[C@@]21C. The van der Waals surface area contributed by atoms with Crippen molar-refractivity contribution in [2.75, 3.05) is 73.2 Å². The smallest absolute Gasteiger partial charge is 0.458 e. The molecule has 3 N–H and O–H groups in total. The molecule has 4 amide bonds. The van der Waals surface area contributed by atoms with Gasteiger partial charge in [0.05, 0.1) is 95.8 Å². The van der Waals surface area contributed by atoms with Gasteiger partial charge < -0.3 is 102 Å². The minimum atomic E-state index is -5.06. The number of amides is 4. The van der Waals surface area contributed by atoms with Crippen LogP contribution in [0.4, 0.5) is 34.1 Å². The maximum absolute atomic E-state index is 15.3. The lowest BCUT2D eigenvalue weighted by atomic mass is 9.73. The molecule has 7 fully saturated rings. The molecule has 7 aliphatic rings. The molecule has 0 radical (unpaired) electrons. The molecule has 2 aromatic heterocycles. The van der Waals surface area contributed by atoms with Gasteiger partial charge in [0.15, 0.2) is 36.2 Å². The Morgan fingerprint density at radius 2 is 0.932 bits per heavy atom. The highest BCUT2D eigenvalue weighted by molar-refractivity contribution is 5.95. The highest BCUT2D eigenvalue weighted by Gasteiger charge is 2.64. The third kappa shape index (κ3) is 26.5. The number of aromatic nitrogens is 6. The number of carbonyl (C=O) groups excluding carboxylic acids is 9. The number of Topliss-reactive ketones (excluding diaryl/α,β-unsaturated/α-hetero) is 2. The Bertz CT molecular complexity index is 5250. The van der Waals surface area contributed by atoms with Crippen molar-refractivity contribution < 1.29 is 128 Å². The van der Waals surface area contributed by atoms with E-state index in [1.54, 1.807) is 124 Å². The number of aliphatic hydroxyl groups excluding tert-OH is 1. The fraction of sp³-hybridized carbons (Fsp3) is 0.710. The second kappa shape index (κ2) is 49.1. The van der Waals surface area contributed by atoms with E-state index in [4.69, 9.17) is 66.3 Å². The first-order valence-corrected chi connectivity index (χ1v) is 51.6. The van der Waals surface area contributed by atoms with Crippen molar-refractivity contribution >= 4 is 64.9 Å². The molecular weight excluding hydrogens is 1890 g/mol. The van der Waals surface area contributed by atoms with Crippen LogP contribution in [-0.2, 0) is 108 Å². The zero-order valence-corrected chi connectivity index (χ0v) is 90.3. The summed E-state index contributed by atoms with van der Waals surface area (Å²) in [6, 6.07) is 20.4. The second-order valence-electron chi connectivity index (χ2n) is 43.2. The summed E-state index contributed by atoms with van der Waals surface area (Å²) in [6.07, 6.45) is -8.58. The summed E-state index contributed by atoms with van der Waals surface area (Å²) in [6.45, 7) is 39.8. The number of ether oxygens (including phenoxy) is 14. The molecule has 0 aliphatic carbocycles. The number of nitrogens with one attached hydrogen (secondary N) is 2. The van der Waals surface area contributed by atoms with Gasteiger partial charge in [-0.15, -0.1) is 10.2 Å². The Balaban J connectivity index is 0.000000291. The number of rotatable bonds is 29. The third-order valence-corrected chi connectivity index (χ3v) is 31.7. The first kappa shape index (κ1) is 117. The number of aliphatic hydroxyl groups is 1. The maximum Gasteiger partial charge on any atom is 0.471 e. The van der Waals surface area contributed by atoms with Gasteiger partial charge in [-0.3, -0.25) is 38.1 Å². The number of cyclic esters (lactones) is 2. The first-order chi connectivity index (χ1) is 68.6. The number of fused-ring (bicyclic) bond motifs is 2. The molecule has 0 unspecified atom stereocenters. The second-order valence-corrected chi connectivity index (χ2v) is 43.2. The van der Waals surface area contributed by atoms with E-state index in [0.717, 1.165) is 18.4 Å². The number of alkyl halides is 3. The molecule has 36 nitrogen and oxygen atoms in total. The summed E-state index contributed by atoms with van der Waals surface area (Å²) in [5, 5.41) is 33.7. The van der Waals surface area contributed by atoms with E-state index in [0.29, 0.717) is 73.4 Å². The topological polar surface area (TPSA) is 402 Å². The quantitative estimate of drug-likeness (QED) is 0.0227. The largest absolute Gasteiger partial charge is 0.471 e. The molecule has 0 saturated carbocycles. The molecule has 812 valence electrons. The van der Waals surface area contributed by atoms with Crippen LogP contribution in [0.25, 0.3) is 22.5 Å². The fourth-order valence-electron chi connectivity index (χ4n) is 23.5. The normalized spacial score (nSPS) is 35.8. The Labute approximate surface area is 857 Å². The summed E-state index contributed by atoms with van der Waals surface area (Å²) < 4.78 is 134. The van der Waals surface area contributed by atoms with Crippen molar-refractivity contribution in [3.63, 3.8) is 0 Å². The predicted molar refractivity (Wildman–Crippen MR) is 535 cm³/mol. The van der Waals surface area contributed by atoms with Gasteiger partial charge in [-0.05, 0) is 198 Å². The van der Waals surface area contributed by atoms with Crippen LogP contribution in [0.5, 0.6) is 0 Å². The van der Waals surface area contributed by atoms with Gasteiger partial charge in [0, 0.05) is 143 Å². The van der Waals surface area contributed by atoms with Crippen LogP contribution in [-0.4, -0.2) is 309 Å². The van der Waals surface area contributed by atoms with Gasteiger partial charge in [0.2, 0.25) is 5.91 Å². The minimum absolute atomic E-state index is 0.0382. The number of ketones is 2. The van der Waals surface area contributed by atoms with Gasteiger partial charge >= 0.3 is 42.2 Å². The first-order valence-electron chi connectivity index (χ1n) is 51.6. The van der Waals surface area contributed by atoms with Crippen LogP contribution >= 0.6 is 0 Å². The number of unbranched alkanes of at least 4 members (excludes halogenated alkanes) is 2. The average molecular weight is 2050 g/mol. The zero-order chi connectivity index (χ0) is 108. The van der Waals surface area contributed by atoms with Gasteiger partial charge in [-0.1, -0.05) is 122 Å². The van der Waals surface area contributed by atoms with E-state index in [-0.39, 0.29) is 98.1 Å². The average Bonchev–Trinajstić information content (AvgIpc) is 1.59. The Morgan fingerprint density at radius 1 is 0.514 bits per heavy atom. The highest BCUT2D eigenvalue weighted by Crippen LogP contribution is 2.50. The minimum Gasteiger partial charge on any atom is -0.458 e. The summed E-state index contributed by atoms with van der Waals surface area (Å²) in [7, 11) is 12.8. The molecule has 3 aromatic carbocycles. The van der Waals surface area contributed by atoms with Crippen molar-refractivity contribution in [3.05, 3.63) is 96.8 Å². The van der Waals surface area contributed by atoms with Crippen LogP contribution in [0.15, 0.2) is 91.3 Å². The Hall–Kier alpha value is -9.52. The Kier molecular flexibility index (Phi) is 39.2. The molecule has 0 bridgehead atoms. The molecule has 7 aliphatic heterocycles. The number of benzene rings is 3. The van der Waals surface area contributed by atoms with Gasteiger partial charge in [0.1, 0.15) is 40.8 Å². The summed E-state index contributed by atoms with van der Waals surface area (Å²) in [5.74, 6) is -10.9. The van der Waals surface area contributed by atoms with Crippen molar-refractivity contribution in [3.8, 4) is 22.5 Å². The van der Waals surface area contributed by atoms with Gasteiger partial charge in [0.25, 0.3) is 0 Å². The lowest BCUT2D eigenvalue weighted by Gasteiger charge is -2.50. The number of methoxy groups -OCH3 is 3. The molecule has 7 saturated heterocycles. The van der Waals surface area contributed by atoms with Gasteiger partial charge in [-0.2, -0.15) is 13.2 Å². The molecule has 32 atom stereocenters. The third-order valence-electron chi connectivity index (χ3n) is 31.7. The van der Waals surface area contributed by atoms with Crippen LogP contribution in [0, 0.1) is 59.2 Å². The number of carbonyl (C=O) groups is 9. The number of hydrogen-bond acceptors (Lipinski definition) is 30. The number of nitrogens with zero attached hydrogens (tertiary/aromatic N) is 10. The van der Waals surface area contributed by atoms with E-state index < -0.39 is 197 Å². The fourth-order valence-corrected chi connectivity index (χ4v) is 23.5. The number of anilines is 2. The maximum atomic E-state index is 15.3. The number of halogens is 3. The molecule has 146 heavy (non-hydrogen) atoms. The molecule has 5 aromatic rings. The number of esters is 3. The van der Waals surface area contributed by atoms with E-state index in [1.165, 1.54) is 32.2 Å². The van der Waals surface area contributed by atoms with Crippen molar-refractivity contribution in [2.45, 2.75) is 367 Å². The van der Waals surface area contributed by atoms with Crippen LogP contribution < -0.4 is 10.6 Å². The summed E-state index contributed by atoms with van der Waals surface area (Å²) >= 11 is 0. The summed E-state index contributed by atoms with van der Waals surface area (Å²) in [5.41, 5.74) is -3.22. The molecule has 0 spiro atoms. The van der Waals surface area contributed by atoms with Crippen LogP contribution in [0.2, 0.25) is 0 Å². The van der Waals surface area contributed by atoms with Crippen molar-refractivity contribution in [2.24, 2.45) is 59.2 Å². The van der Waals surface area contributed by atoms with E-state index >= 15 is 9.59 Å². The monoisotopic (exact) mass is 2050 g/mol. The number of aryl methyl sites for hydroxylation is 2. The predicted octanol–water partition coefficient (Wildman–Crippen LogP) is 15.2. The van der Waals surface area contributed by atoms with E-state index in [2.05, 4.69) is 49.6 Å². The van der Waals surface area contributed by atoms with Gasteiger partial charge in [-0.25, -0.2) is 14.4 Å². The molecule has 9 heterocycles. The van der Waals surface area contributed by atoms with Crippen LogP contribution in [0.3, 0.4) is 0 Å². The lowest BCUT2D eigenvalue weighted by molar-refractivity contribution is -0.313. The highest BCUT2D eigenvalue weighted by atomic mass is 19.4. The lowest BCUT2D eigenvalue weighted by Crippen LogP contribution is -2.61. The van der Waals surface area contributed by atoms with E-state index in [1.807, 2.05) is 141 Å². The standard InChI is InChI=1S/C61H87F3N6O14.C46H72N6O10/c1-16-46-60(11)50(70(57(75)84-60)28-21-20-27-69-33-44(66-67-69)42-25-22-26-43(30-42)65-56(74)61(62,63)64)37(5)48(71)34(2)31-58(9,76-14)51(83-55-36(4)45(68(12)13)29-35(3)78-55)38(6)49(39(7)53(72)80-46)81-47-32-59(10,77-15)52(40(8)79-47)82-54(73)41-23-18-17-19-24-41;1-14-37-46(10)40(52(44(57)62-46)21-16-15-20-51-25-35(48-49-51)33-18-17-19-34(23-33)47-32(8)53)29(5)38(54)26(2)24-45(9,58-13)41(30(6)39(55)31(7)42(56)60-37)61-43-28(4)36(50(11)12)22-27(3)59-43/h17-19,22-26,30,33-40,45-47,49-52,55H,16,20-21,27-29,31-32H2,1-15H3,(H,65,74);17-19,23,25-31,36-37,39-41,43,55H,14-16,20-22,24H2,1-13H3,(H,47,53)/t34-,35-,36-,37+,38+,39-,40+,45+,46-,47+,49+,50+,51-,52+,55+,58+,59-,60-;26-,27-,28-,29+,30+,31-,36+,37-,39+,40+,41-,43+,45+,46-/m11/s1. The van der Waals surface area contributed by atoms with Crippen molar-refractivity contribution in [1.82, 2.24) is 49.6 Å². The summed E-state index contributed by atoms with van der Waals surface area (Å²) in [4.78, 5) is 132. The van der Waals surface area contributed by atoms with Crippen molar-refractivity contribution in [1.29, 1.82) is 0 Å². The molecule has 39 heteroatoms. The molecule has 12 rings (SSSR count). The number of hydrogen-bond donors (Lipinski definition) is 3.